The van der Waals surface area contributed by atoms with Crippen molar-refractivity contribution in [3.63, 3.8) is 0 Å². The Labute approximate surface area is 157 Å². The third-order valence-electron chi connectivity index (χ3n) is 4.41. The van der Waals surface area contributed by atoms with E-state index in [1.807, 2.05) is 6.92 Å². The number of sulfonamides is 1. The van der Waals surface area contributed by atoms with Gasteiger partial charge in [0, 0.05) is 43.3 Å². The molecule has 2 heterocycles. The van der Waals surface area contributed by atoms with Crippen molar-refractivity contribution < 1.29 is 12.9 Å². The second-order valence-corrected chi connectivity index (χ2v) is 8.84. The topological polar surface area (TPSA) is 66.7 Å². The molecular formula is C16H19Cl2N3O3S. The number of nitrogens with zero attached hydrogens (tertiary/aromatic N) is 3. The van der Waals surface area contributed by atoms with E-state index in [0.29, 0.717) is 43.3 Å². The standard InChI is InChI=1S/C16H19Cl2N3O3S/c1-11-7-16(15(18)8-14(11)17)25(22,23)21-5-3-20(4-6-21)10-13-9-19-24-12(13)2/h7-9H,3-6,10H2,1-2H3. The molecule has 1 aromatic carbocycles. The first-order chi connectivity index (χ1) is 11.8. The number of hydrogen-bond donors (Lipinski definition) is 0. The summed E-state index contributed by atoms with van der Waals surface area (Å²) < 4.78 is 32.3. The van der Waals surface area contributed by atoms with E-state index >= 15 is 0 Å². The Morgan fingerprint density at radius 1 is 1.12 bits per heavy atom. The zero-order chi connectivity index (χ0) is 18.2. The Balaban J connectivity index is 1.71. The highest BCUT2D eigenvalue weighted by Gasteiger charge is 2.30. The number of benzene rings is 1. The van der Waals surface area contributed by atoms with Crippen molar-refractivity contribution in [2.45, 2.75) is 25.3 Å². The normalized spacial score (nSPS) is 17.1. The van der Waals surface area contributed by atoms with Gasteiger partial charge in [-0.05, 0) is 31.5 Å². The summed E-state index contributed by atoms with van der Waals surface area (Å²) in [5.74, 6) is 0.790. The molecule has 9 heteroatoms. The van der Waals surface area contributed by atoms with E-state index in [1.165, 1.54) is 16.4 Å². The number of piperazine rings is 1. The Bertz CT molecular complexity index is 875. The molecule has 1 saturated heterocycles. The fourth-order valence-corrected chi connectivity index (χ4v) is 5.04. The zero-order valence-corrected chi connectivity index (χ0v) is 16.3. The zero-order valence-electron chi connectivity index (χ0n) is 14.0. The SMILES string of the molecule is Cc1cc(S(=O)(=O)N2CCN(Cc3cnoc3C)CC2)c(Cl)cc1Cl. The first kappa shape index (κ1) is 18.7. The summed E-state index contributed by atoms with van der Waals surface area (Å²) in [6.45, 7) is 6.41. The fourth-order valence-electron chi connectivity index (χ4n) is 2.81. The summed E-state index contributed by atoms with van der Waals surface area (Å²) in [5.41, 5.74) is 1.71. The number of hydrogen-bond acceptors (Lipinski definition) is 5. The summed E-state index contributed by atoms with van der Waals surface area (Å²) in [4.78, 5) is 2.29. The van der Waals surface area contributed by atoms with Gasteiger partial charge in [-0.25, -0.2) is 8.42 Å². The van der Waals surface area contributed by atoms with Crippen LogP contribution < -0.4 is 0 Å². The van der Waals surface area contributed by atoms with Crippen molar-refractivity contribution in [2.75, 3.05) is 26.2 Å². The molecule has 0 atom stereocenters. The average molecular weight is 404 g/mol. The molecule has 1 aliphatic heterocycles. The first-order valence-electron chi connectivity index (χ1n) is 7.87. The van der Waals surface area contributed by atoms with Gasteiger partial charge < -0.3 is 4.52 Å². The lowest BCUT2D eigenvalue weighted by Gasteiger charge is -2.34. The summed E-state index contributed by atoms with van der Waals surface area (Å²) in [7, 11) is -3.64. The smallest absolute Gasteiger partial charge is 0.244 e. The minimum Gasteiger partial charge on any atom is -0.361 e. The van der Waals surface area contributed by atoms with Crippen LogP contribution in [0.5, 0.6) is 0 Å². The number of rotatable bonds is 4. The van der Waals surface area contributed by atoms with Crippen molar-refractivity contribution in [2.24, 2.45) is 0 Å². The molecule has 25 heavy (non-hydrogen) atoms. The number of halogens is 2. The summed E-state index contributed by atoms with van der Waals surface area (Å²) in [6.07, 6.45) is 1.70. The van der Waals surface area contributed by atoms with Crippen LogP contribution in [0.25, 0.3) is 0 Å². The monoisotopic (exact) mass is 403 g/mol. The Morgan fingerprint density at radius 2 is 1.80 bits per heavy atom. The maximum atomic E-state index is 12.9. The third kappa shape index (κ3) is 3.85. The molecular weight excluding hydrogens is 385 g/mol. The van der Waals surface area contributed by atoms with Crippen LogP contribution in [0.4, 0.5) is 0 Å². The molecule has 136 valence electrons. The lowest BCUT2D eigenvalue weighted by atomic mass is 10.2. The first-order valence-corrected chi connectivity index (χ1v) is 10.1. The molecule has 0 aliphatic carbocycles. The van der Waals surface area contributed by atoms with Crippen LogP contribution in [0.15, 0.2) is 27.7 Å². The van der Waals surface area contributed by atoms with Crippen LogP contribution in [0, 0.1) is 13.8 Å². The molecule has 1 aromatic heterocycles. The van der Waals surface area contributed by atoms with Gasteiger partial charge in [0.1, 0.15) is 10.7 Å². The van der Waals surface area contributed by atoms with Crippen molar-refractivity contribution in [3.8, 4) is 0 Å². The van der Waals surface area contributed by atoms with Gasteiger partial charge in [-0.15, -0.1) is 0 Å². The number of aromatic nitrogens is 1. The van der Waals surface area contributed by atoms with E-state index in [0.717, 1.165) is 11.3 Å². The van der Waals surface area contributed by atoms with Gasteiger partial charge in [0.2, 0.25) is 10.0 Å². The summed E-state index contributed by atoms with van der Waals surface area (Å²) in [5, 5.41) is 4.38. The van der Waals surface area contributed by atoms with Gasteiger partial charge in [0.05, 0.1) is 11.2 Å². The number of aryl methyl sites for hydroxylation is 2. The molecule has 0 spiro atoms. The van der Waals surface area contributed by atoms with Crippen LogP contribution >= 0.6 is 23.2 Å². The lowest BCUT2D eigenvalue weighted by molar-refractivity contribution is 0.181. The Kier molecular flexibility index (Phi) is 5.41. The fraction of sp³-hybridized carbons (Fsp3) is 0.438. The quantitative estimate of drug-likeness (QED) is 0.784. The molecule has 1 aliphatic rings. The highest BCUT2D eigenvalue weighted by Crippen LogP contribution is 2.30. The van der Waals surface area contributed by atoms with Crippen LogP contribution in [0.2, 0.25) is 10.0 Å². The molecule has 6 nitrogen and oxygen atoms in total. The second-order valence-electron chi connectivity index (χ2n) is 6.12. The van der Waals surface area contributed by atoms with E-state index in [-0.39, 0.29) is 9.92 Å². The second kappa shape index (κ2) is 7.25. The van der Waals surface area contributed by atoms with E-state index < -0.39 is 10.0 Å². The van der Waals surface area contributed by atoms with Gasteiger partial charge in [0.25, 0.3) is 0 Å². The predicted molar refractivity (Wildman–Crippen MR) is 96.5 cm³/mol. The largest absolute Gasteiger partial charge is 0.361 e. The maximum Gasteiger partial charge on any atom is 0.244 e. The molecule has 0 bridgehead atoms. The predicted octanol–water partition coefficient (Wildman–Crippen LogP) is 3.10. The highest BCUT2D eigenvalue weighted by atomic mass is 35.5. The lowest BCUT2D eigenvalue weighted by Crippen LogP contribution is -2.48. The van der Waals surface area contributed by atoms with Gasteiger partial charge >= 0.3 is 0 Å². The molecule has 0 saturated carbocycles. The van der Waals surface area contributed by atoms with E-state index in [2.05, 4.69) is 10.1 Å². The van der Waals surface area contributed by atoms with E-state index in [9.17, 15) is 8.42 Å². The van der Waals surface area contributed by atoms with Crippen LogP contribution in [-0.4, -0.2) is 49.0 Å². The maximum absolute atomic E-state index is 12.9. The molecule has 3 rings (SSSR count). The summed E-state index contributed by atoms with van der Waals surface area (Å²) in [6, 6.07) is 3.02. The van der Waals surface area contributed by atoms with Gasteiger partial charge in [-0.2, -0.15) is 4.31 Å². The summed E-state index contributed by atoms with van der Waals surface area (Å²) >= 11 is 12.1. The van der Waals surface area contributed by atoms with E-state index in [4.69, 9.17) is 27.7 Å². The molecule has 1 fully saturated rings. The van der Waals surface area contributed by atoms with Crippen LogP contribution in [0.1, 0.15) is 16.9 Å². The Morgan fingerprint density at radius 3 is 2.40 bits per heavy atom. The molecule has 0 radical (unpaired) electrons. The van der Waals surface area contributed by atoms with Gasteiger partial charge in [0.15, 0.2) is 0 Å². The van der Waals surface area contributed by atoms with E-state index in [1.54, 1.807) is 13.1 Å². The van der Waals surface area contributed by atoms with Crippen LogP contribution in [0.3, 0.4) is 0 Å². The van der Waals surface area contributed by atoms with Gasteiger partial charge in [-0.3, -0.25) is 4.90 Å². The minimum absolute atomic E-state index is 0.111. The average Bonchev–Trinajstić information content (AvgIpc) is 2.96. The molecule has 0 N–H and O–H groups in total. The minimum atomic E-state index is -3.64. The van der Waals surface area contributed by atoms with Gasteiger partial charge in [-0.1, -0.05) is 28.4 Å². The molecule has 2 aromatic rings. The molecule has 0 amide bonds. The van der Waals surface area contributed by atoms with Crippen molar-refractivity contribution in [1.29, 1.82) is 0 Å². The van der Waals surface area contributed by atoms with Crippen molar-refractivity contribution in [3.05, 3.63) is 45.3 Å². The van der Waals surface area contributed by atoms with Crippen molar-refractivity contribution >= 4 is 33.2 Å². The highest BCUT2D eigenvalue weighted by molar-refractivity contribution is 7.89. The molecule has 0 unspecified atom stereocenters. The Hall–Kier alpha value is -1.12. The third-order valence-corrected chi connectivity index (χ3v) is 7.18. The van der Waals surface area contributed by atoms with Crippen molar-refractivity contribution in [1.82, 2.24) is 14.4 Å². The van der Waals surface area contributed by atoms with Crippen LogP contribution in [-0.2, 0) is 16.6 Å².